The van der Waals surface area contributed by atoms with Crippen molar-refractivity contribution >= 4 is 6.03 Å². The minimum atomic E-state index is -0.412. The Balaban J connectivity index is 2.28. The van der Waals surface area contributed by atoms with Gasteiger partial charge in [-0.2, -0.15) is 0 Å². The lowest BCUT2D eigenvalue weighted by Gasteiger charge is -2.29. The first-order chi connectivity index (χ1) is 5.18. The van der Waals surface area contributed by atoms with Crippen molar-refractivity contribution in [2.24, 2.45) is 5.73 Å². The molecule has 1 aliphatic rings. The number of likely N-dealkylation sites (N-methyl/N-ethyl adjacent to an activating group) is 1. The molecule has 64 valence electrons. The van der Waals surface area contributed by atoms with Crippen LogP contribution in [0.5, 0.6) is 0 Å². The van der Waals surface area contributed by atoms with E-state index in [1.807, 2.05) is 0 Å². The van der Waals surface area contributed by atoms with E-state index in [2.05, 4.69) is 17.3 Å². The molecule has 1 atom stereocenters. The van der Waals surface area contributed by atoms with Gasteiger partial charge in [0.2, 0.25) is 0 Å². The van der Waals surface area contributed by atoms with Crippen molar-refractivity contribution in [2.45, 2.75) is 18.9 Å². The summed E-state index contributed by atoms with van der Waals surface area (Å²) in [7, 11) is 2.05. The summed E-state index contributed by atoms with van der Waals surface area (Å²) in [6.07, 6.45) is 2.19. The number of nitrogens with zero attached hydrogens (tertiary/aromatic N) is 1. The molecule has 0 bridgehead atoms. The molecule has 4 nitrogen and oxygen atoms in total. The molecule has 0 aliphatic carbocycles. The largest absolute Gasteiger partial charge is 0.352 e. The van der Waals surface area contributed by atoms with Crippen molar-refractivity contribution in [1.29, 1.82) is 0 Å². The molecule has 0 aromatic heterocycles. The Bertz CT molecular complexity index is 149. The predicted molar refractivity (Wildman–Crippen MR) is 43.2 cm³/mol. The van der Waals surface area contributed by atoms with Gasteiger partial charge in [-0.15, -0.1) is 0 Å². The number of piperidine rings is 1. The molecule has 0 saturated carbocycles. The Morgan fingerprint density at radius 3 is 3.00 bits per heavy atom. The first-order valence-electron chi connectivity index (χ1n) is 3.93. The number of carbonyl (C=O) groups is 1. The number of primary amides is 1. The summed E-state index contributed by atoms with van der Waals surface area (Å²) >= 11 is 0. The van der Waals surface area contributed by atoms with Gasteiger partial charge in [-0.05, 0) is 26.4 Å². The van der Waals surface area contributed by atoms with Crippen LogP contribution in [0.15, 0.2) is 0 Å². The van der Waals surface area contributed by atoms with E-state index in [0.717, 1.165) is 25.9 Å². The molecule has 1 rings (SSSR count). The number of amides is 2. The number of nitrogens with one attached hydrogen (secondary N) is 1. The molecule has 4 heteroatoms. The van der Waals surface area contributed by atoms with Crippen molar-refractivity contribution in [1.82, 2.24) is 10.2 Å². The van der Waals surface area contributed by atoms with E-state index in [-0.39, 0.29) is 6.04 Å². The summed E-state index contributed by atoms with van der Waals surface area (Å²) < 4.78 is 0. The molecule has 1 fully saturated rings. The standard InChI is InChI=1S/C7H15N3O/c1-10-4-2-3-6(5-10)9-7(8)11/h6H,2-5H2,1H3,(H3,8,9,11)/t6-/m1/s1. The highest BCUT2D eigenvalue weighted by Crippen LogP contribution is 2.06. The minimum Gasteiger partial charge on any atom is -0.352 e. The molecule has 0 aromatic carbocycles. The normalized spacial score (nSPS) is 26.5. The van der Waals surface area contributed by atoms with E-state index in [1.54, 1.807) is 0 Å². The SMILES string of the molecule is CN1CCC[C@@H](NC(N)=O)C1. The lowest BCUT2D eigenvalue weighted by atomic mass is 10.1. The number of hydrogen-bond donors (Lipinski definition) is 2. The maximum absolute atomic E-state index is 10.5. The number of rotatable bonds is 1. The van der Waals surface area contributed by atoms with Crippen molar-refractivity contribution < 1.29 is 4.79 Å². The molecule has 11 heavy (non-hydrogen) atoms. The fourth-order valence-electron chi connectivity index (χ4n) is 1.49. The van der Waals surface area contributed by atoms with Gasteiger partial charge in [-0.25, -0.2) is 4.79 Å². The minimum absolute atomic E-state index is 0.256. The molecule has 3 N–H and O–H groups in total. The topological polar surface area (TPSA) is 58.4 Å². The zero-order valence-electron chi connectivity index (χ0n) is 6.84. The van der Waals surface area contributed by atoms with Crippen LogP contribution in [0.1, 0.15) is 12.8 Å². The first-order valence-corrected chi connectivity index (χ1v) is 3.93. The van der Waals surface area contributed by atoms with Crippen LogP contribution in [0.2, 0.25) is 0 Å². The van der Waals surface area contributed by atoms with Gasteiger partial charge in [0.05, 0.1) is 0 Å². The third kappa shape index (κ3) is 2.76. The number of nitrogens with two attached hydrogens (primary N) is 1. The highest BCUT2D eigenvalue weighted by Gasteiger charge is 2.17. The zero-order chi connectivity index (χ0) is 8.27. The van der Waals surface area contributed by atoms with Gasteiger partial charge in [0.15, 0.2) is 0 Å². The molecule has 1 aliphatic heterocycles. The molecule has 1 saturated heterocycles. The predicted octanol–water partition coefficient (Wildman–Crippen LogP) is -0.251. The monoisotopic (exact) mass is 157 g/mol. The molecule has 1 heterocycles. The van der Waals surface area contributed by atoms with Crippen LogP contribution < -0.4 is 11.1 Å². The third-order valence-corrected chi connectivity index (χ3v) is 1.97. The van der Waals surface area contributed by atoms with Crippen molar-refractivity contribution in [2.75, 3.05) is 20.1 Å². The summed E-state index contributed by atoms with van der Waals surface area (Å²) in [6, 6.07) is -0.156. The quantitative estimate of drug-likeness (QED) is 0.551. The van der Waals surface area contributed by atoms with Crippen LogP contribution in [0.3, 0.4) is 0 Å². The van der Waals surface area contributed by atoms with Crippen molar-refractivity contribution in [3.8, 4) is 0 Å². The summed E-state index contributed by atoms with van der Waals surface area (Å²) in [5, 5.41) is 2.71. The highest BCUT2D eigenvalue weighted by molar-refractivity contribution is 5.71. The Hall–Kier alpha value is -0.770. The summed E-state index contributed by atoms with van der Waals surface area (Å²) in [5.74, 6) is 0. The highest BCUT2D eigenvalue weighted by atomic mass is 16.2. The molecule has 2 amide bonds. The fourth-order valence-corrected chi connectivity index (χ4v) is 1.49. The number of hydrogen-bond acceptors (Lipinski definition) is 2. The van der Waals surface area contributed by atoms with E-state index in [9.17, 15) is 4.79 Å². The molecular formula is C7H15N3O. The van der Waals surface area contributed by atoms with Gasteiger partial charge in [0.1, 0.15) is 0 Å². The van der Waals surface area contributed by atoms with Gasteiger partial charge in [-0.1, -0.05) is 0 Å². The van der Waals surface area contributed by atoms with Crippen LogP contribution in [0, 0.1) is 0 Å². The lowest BCUT2D eigenvalue weighted by molar-refractivity contribution is 0.214. The number of urea groups is 1. The molecule has 0 spiro atoms. The average molecular weight is 157 g/mol. The second kappa shape index (κ2) is 3.57. The smallest absolute Gasteiger partial charge is 0.312 e. The average Bonchev–Trinajstić information content (AvgIpc) is 1.85. The zero-order valence-corrected chi connectivity index (χ0v) is 6.84. The Kier molecular flexibility index (Phi) is 2.70. The summed E-state index contributed by atoms with van der Waals surface area (Å²) in [4.78, 5) is 12.7. The molecule has 0 unspecified atom stereocenters. The third-order valence-electron chi connectivity index (χ3n) is 1.97. The van der Waals surface area contributed by atoms with Crippen molar-refractivity contribution in [3.05, 3.63) is 0 Å². The van der Waals surface area contributed by atoms with E-state index in [4.69, 9.17) is 5.73 Å². The van der Waals surface area contributed by atoms with E-state index in [1.165, 1.54) is 0 Å². The second-order valence-corrected chi connectivity index (χ2v) is 3.11. The summed E-state index contributed by atoms with van der Waals surface area (Å²) in [6.45, 7) is 2.04. The fraction of sp³-hybridized carbons (Fsp3) is 0.857. The maximum Gasteiger partial charge on any atom is 0.312 e. The van der Waals surface area contributed by atoms with Crippen LogP contribution in [0.4, 0.5) is 4.79 Å². The van der Waals surface area contributed by atoms with Crippen molar-refractivity contribution in [3.63, 3.8) is 0 Å². The second-order valence-electron chi connectivity index (χ2n) is 3.11. The van der Waals surface area contributed by atoms with Crippen LogP contribution in [0.25, 0.3) is 0 Å². The van der Waals surface area contributed by atoms with Crippen LogP contribution in [-0.4, -0.2) is 37.1 Å². The lowest BCUT2D eigenvalue weighted by Crippen LogP contribution is -2.47. The van der Waals surface area contributed by atoms with Gasteiger partial charge >= 0.3 is 6.03 Å². The van der Waals surface area contributed by atoms with E-state index in [0.29, 0.717) is 0 Å². The van der Waals surface area contributed by atoms with Gasteiger partial charge in [0, 0.05) is 12.6 Å². The Morgan fingerprint density at radius 2 is 2.45 bits per heavy atom. The van der Waals surface area contributed by atoms with E-state index < -0.39 is 6.03 Å². The van der Waals surface area contributed by atoms with Gasteiger partial charge < -0.3 is 16.0 Å². The number of carbonyl (C=O) groups excluding carboxylic acids is 1. The first kappa shape index (κ1) is 8.33. The Labute approximate surface area is 66.7 Å². The van der Waals surface area contributed by atoms with E-state index >= 15 is 0 Å². The maximum atomic E-state index is 10.5. The number of likely N-dealkylation sites (tertiary alicyclic amines) is 1. The Morgan fingerprint density at radius 1 is 1.73 bits per heavy atom. The van der Waals surface area contributed by atoms with Gasteiger partial charge in [-0.3, -0.25) is 0 Å². The molecular weight excluding hydrogens is 142 g/mol. The van der Waals surface area contributed by atoms with Crippen LogP contribution >= 0.6 is 0 Å². The van der Waals surface area contributed by atoms with Crippen LogP contribution in [-0.2, 0) is 0 Å². The molecule has 0 aromatic rings. The molecule has 0 radical (unpaired) electrons. The van der Waals surface area contributed by atoms with Gasteiger partial charge in [0.25, 0.3) is 0 Å². The summed E-state index contributed by atoms with van der Waals surface area (Å²) in [5.41, 5.74) is 5.00.